The molecular formula is C26H20FN7O. The molecule has 0 saturated carbocycles. The summed E-state index contributed by atoms with van der Waals surface area (Å²) in [5, 5.41) is 12.2. The molecule has 0 spiro atoms. The number of nitriles is 1. The van der Waals surface area contributed by atoms with Crippen LogP contribution in [0.3, 0.4) is 0 Å². The Labute approximate surface area is 200 Å². The lowest BCUT2D eigenvalue weighted by atomic mass is 10.1. The highest BCUT2D eigenvalue weighted by Crippen LogP contribution is 2.25. The molecule has 1 amide bonds. The fourth-order valence-electron chi connectivity index (χ4n) is 3.84. The standard InChI is InChI=1S/C26H20FN7O/c1-16-6-5-9-22(30-16)25-32-23(17(2)31-26(35)20-7-3-4-8-21(20)27)15-34(25)18-10-11-24-29-13-19(12-28)33(24)14-18/h3-11,13-15,17H,1-2H3,(H,31,35). The van der Waals surface area contributed by atoms with E-state index >= 15 is 0 Å². The molecule has 1 N–H and O–H groups in total. The molecule has 0 radical (unpaired) electrons. The lowest BCUT2D eigenvalue weighted by Crippen LogP contribution is -2.27. The number of nitrogens with zero attached hydrogens (tertiary/aromatic N) is 6. The Bertz CT molecular complexity index is 1610. The molecule has 4 heterocycles. The minimum absolute atomic E-state index is 0.0334. The first-order valence-electron chi connectivity index (χ1n) is 10.9. The van der Waals surface area contributed by atoms with Crippen molar-refractivity contribution in [2.75, 3.05) is 0 Å². The number of fused-ring (bicyclic) bond motifs is 1. The van der Waals surface area contributed by atoms with Crippen molar-refractivity contribution < 1.29 is 9.18 Å². The molecular weight excluding hydrogens is 445 g/mol. The zero-order chi connectivity index (χ0) is 24.5. The average molecular weight is 465 g/mol. The molecule has 5 aromatic rings. The highest BCUT2D eigenvalue weighted by molar-refractivity contribution is 5.94. The number of aromatic nitrogens is 5. The number of rotatable bonds is 5. The summed E-state index contributed by atoms with van der Waals surface area (Å²) in [7, 11) is 0. The Hall–Kier alpha value is -4.84. The summed E-state index contributed by atoms with van der Waals surface area (Å²) < 4.78 is 17.6. The molecule has 0 aliphatic rings. The quantitative estimate of drug-likeness (QED) is 0.415. The van der Waals surface area contributed by atoms with E-state index in [1.807, 2.05) is 41.8 Å². The first kappa shape index (κ1) is 22.0. The van der Waals surface area contributed by atoms with E-state index in [1.165, 1.54) is 24.4 Å². The minimum Gasteiger partial charge on any atom is -0.344 e. The first-order valence-corrected chi connectivity index (χ1v) is 10.9. The Kier molecular flexibility index (Phi) is 5.55. The lowest BCUT2D eigenvalue weighted by molar-refractivity contribution is 0.0935. The van der Waals surface area contributed by atoms with Crippen molar-refractivity contribution in [3.8, 4) is 23.3 Å². The number of aryl methyl sites for hydroxylation is 1. The normalized spacial score (nSPS) is 11.8. The second-order valence-corrected chi connectivity index (χ2v) is 8.07. The van der Waals surface area contributed by atoms with E-state index in [2.05, 4.69) is 21.4 Å². The third-order valence-corrected chi connectivity index (χ3v) is 5.63. The largest absolute Gasteiger partial charge is 0.344 e. The SMILES string of the molecule is Cc1cccc(-c2nc(C(C)NC(=O)c3ccccc3F)cn2-c2ccc3ncc(C#N)n3c2)n1. The van der Waals surface area contributed by atoms with Gasteiger partial charge in [-0.1, -0.05) is 18.2 Å². The first-order chi connectivity index (χ1) is 16.9. The van der Waals surface area contributed by atoms with Crippen LogP contribution < -0.4 is 5.32 Å². The number of nitrogens with one attached hydrogen (secondary N) is 1. The number of imidazole rings is 2. The van der Waals surface area contributed by atoms with Gasteiger partial charge in [0.2, 0.25) is 0 Å². The number of hydrogen-bond acceptors (Lipinski definition) is 5. The molecule has 5 rings (SSSR count). The van der Waals surface area contributed by atoms with Gasteiger partial charge in [-0.3, -0.25) is 13.8 Å². The van der Waals surface area contributed by atoms with Gasteiger partial charge in [-0.2, -0.15) is 5.26 Å². The summed E-state index contributed by atoms with van der Waals surface area (Å²) in [5.74, 6) is -0.554. The summed E-state index contributed by atoms with van der Waals surface area (Å²) >= 11 is 0. The van der Waals surface area contributed by atoms with Gasteiger partial charge in [0.05, 0.1) is 29.2 Å². The average Bonchev–Trinajstić information content (AvgIpc) is 3.48. The predicted molar refractivity (Wildman–Crippen MR) is 127 cm³/mol. The lowest BCUT2D eigenvalue weighted by Gasteiger charge is -2.12. The molecule has 0 aliphatic carbocycles. The molecule has 9 heteroatoms. The van der Waals surface area contributed by atoms with E-state index in [-0.39, 0.29) is 5.56 Å². The molecule has 8 nitrogen and oxygen atoms in total. The fraction of sp³-hybridized carbons (Fsp3) is 0.115. The van der Waals surface area contributed by atoms with Crippen LogP contribution in [0.4, 0.5) is 4.39 Å². The Morgan fingerprint density at radius 3 is 2.69 bits per heavy atom. The van der Waals surface area contributed by atoms with E-state index in [9.17, 15) is 14.4 Å². The van der Waals surface area contributed by atoms with Crippen LogP contribution in [-0.4, -0.2) is 29.8 Å². The molecule has 0 fully saturated rings. The number of benzene rings is 1. The number of hydrogen-bond donors (Lipinski definition) is 1. The van der Waals surface area contributed by atoms with Crippen molar-refractivity contribution >= 4 is 11.6 Å². The molecule has 1 atom stereocenters. The minimum atomic E-state index is -0.589. The summed E-state index contributed by atoms with van der Waals surface area (Å²) in [6, 6.07) is 16.8. The third-order valence-electron chi connectivity index (χ3n) is 5.63. The van der Waals surface area contributed by atoms with E-state index < -0.39 is 17.8 Å². The maximum atomic E-state index is 14.1. The predicted octanol–water partition coefficient (Wildman–Crippen LogP) is 4.39. The fourth-order valence-corrected chi connectivity index (χ4v) is 3.84. The highest BCUT2D eigenvalue weighted by atomic mass is 19.1. The van der Waals surface area contributed by atoms with Gasteiger partial charge in [-0.05, 0) is 50.2 Å². The molecule has 1 unspecified atom stereocenters. The second-order valence-electron chi connectivity index (χ2n) is 8.07. The highest BCUT2D eigenvalue weighted by Gasteiger charge is 2.20. The van der Waals surface area contributed by atoms with Crippen molar-refractivity contribution in [2.24, 2.45) is 0 Å². The van der Waals surface area contributed by atoms with Crippen LogP contribution in [-0.2, 0) is 0 Å². The Balaban J connectivity index is 1.58. The number of carbonyl (C=O) groups excluding carboxylic acids is 1. The van der Waals surface area contributed by atoms with Gasteiger partial charge in [-0.25, -0.2) is 19.3 Å². The van der Waals surface area contributed by atoms with Crippen LogP contribution in [0.5, 0.6) is 0 Å². The van der Waals surface area contributed by atoms with Gasteiger partial charge in [0.25, 0.3) is 5.91 Å². The summed E-state index contributed by atoms with van der Waals surface area (Å²) in [4.78, 5) is 26.3. The zero-order valence-electron chi connectivity index (χ0n) is 19.0. The maximum absolute atomic E-state index is 14.1. The smallest absolute Gasteiger partial charge is 0.254 e. The van der Waals surface area contributed by atoms with Gasteiger partial charge in [0, 0.05) is 18.1 Å². The number of halogens is 1. The van der Waals surface area contributed by atoms with Crippen molar-refractivity contribution in [1.29, 1.82) is 5.26 Å². The number of pyridine rings is 2. The van der Waals surface area contributed by atoms with Crippen LogP contribution in [0, 0.1) is 24.1 Å². The zero-order valence-corrected chi connectivity index (χ0v) is 19.0. The number of amides is 1. The van der Waals surface area contributed by atoms with E-state index in [1.54, 1.807) is 29.8 Å². The molecule has 4 aromatic heterocycles. The molecule has 0 aliphatic heterocycles. The molecule has 0 saturated heterocycles. The summed E-state index contributed by atoms with van der Waals surface area (Å²) in [5.41, 5.74) is 3.80. The van der Waals surface area contributed by atoms with Gasteiger partial charge >= 0.3 is 0 Å². The number of carbonyl (C=O) groups is 1. The van der Waals surface area contributed by atoms with Crippen molar-refractivity contribution in [3.63, 3.8) is 0 Å². The molecule has 0 bridgehead atoms. The van der Waals surface area contributed by atoms with Gasteiger partial charge in [0.15, 0.2) is 5.82 Å². The molecule has 172 valence electrons. The van der Waals surface area contributed by atoms with Gasteiger partial charge in [-0.15, -0.1) is 0 Å². The second kappa shape index (κ2) is 8.83. The van der Waals surface area contributed by atoms with Crippen LogP contribution in [0.1, 0.15) is 40.4 Å². The van der Waals surface area contributed by atoms with Gasteiger partial charge in [0.1, 0.15) is 28.9 Å². The molecule has 1 aromatic carbocycles. The van der Waals surface area contributed by atoms with Crippen LogP contribution in [0.15, 0.2) is 73.2 Å². The van der Waals surface area contributed by atoms with Gasteiger partial charge < -0.3 is 5.32 Å². The topological polar surface area (TPSA) is 101 Å². The van der Waals surface area contributed by atoms with E-state index in [0.29, 0.717) is 28.6 Å². The Morgan fingerprint density at radius 2 is 1.91 bits per heavy atom. The summed E-state index contributed by atoms with van der Waals surface area (Å²) in [6.45, 7) is 3.68. The van der Waals surface area contributed by atoms with E-state index in [4.69, 9.17) is 4.98 Å². The maximum Gasteiger partial charge on any atom is 0.254 e. The van der Waals surface area contributed by atoms with Crippen LogP contribution >= 0.6 is 0 Å². The van der Waals surface area contributed by atoms with Crippen molar-refractivity contribution in [1.82, 2.24) is 29.2 Å². The van der Waals surface area contributed by atoms with Crippen molar-refractivity contribution in [3.05, 3.63) is 102 Å². The van der Waals surface area contributed by atoms with Crippen LogP contribution in [0.2, 0.25) is 0 Å². The molecule has 35 heavy (non-hydrogen) atoms. The van der Waals surface area contributed by atoms with Crippen molar-refractivity contribution in [2.45, 2.75) is 19.9 Å². The summed E-state index contributed by atoms with van der Waals surface area (Å²) in [6.07, 6.45) is 5.12. The van der Waals surface area contributed by atoms with Crippen LogP contribution in [0.25, 0.3) is 22.9 Å². The van der Waals surface area contributed by atoms with E-state index in [0.717, 1.165) is 11.4 Å². The third kappa shape index (κ3) is 4.13. The Morgan fingerprint density at radius 1 is 1.09 bits per heavy atom. The monoisotopic (exact) mass is 465 g/mol.